The Morgan fingerprint density at radius 3 is 2.28 bits per heavy atom. The van der Waals surface area contributed by atoms with Gasteiger partial charge in [-0.15, -0.1) is 11.8 Å². The van der Waals surface area contributed by atoms with Crippen LogP contribution in [0.2, 0.25) is 5.02 Å². The van der Waals surface area contributed by atoms with Gasteiger partial charge in [0.15, 0.2) is 18.1 Å². The SMILES string of the molecule is COc1cc(OC)c(OC)cc1CNC(=O)COC(=O)c1cc(SC)ccc1Cl. The summed E-state index contributed by atoms with van der Waals surface area (Å²) in [6, 6.07) is 8.42. The fraction of sp³-hybridized carbons (Fsp3) is 0.300. The van der Waals surface area contributed by atoms with E-state index in [0.717, 1.165) is 4.90 Å². The highest BCUT2D eigenvalue weighted by Crippen LogP contribution is 2.34. The summed E-state index contributed by atoms with van der Waals surface area (Å²) in [4.78, 5) is 25.2. The smallest absolute Gasteiger partial charge is 0.340 e. The summed E-state index contributed by atoms with van der Waals surface area (Å²) in [6.45, 7) is -0.281. The molecule has 0 heterocycles. The highest BCUT2D eigenvalue weighted by Gasteiger charge is 2.16. The van der Waals surface area contributed by atoms with Crippen LogP contribution in [0.25, 0.3) is 0 Å². The fourth-order valence-electron chi connectivity index (χ4n) is 2.47. The largest absolute Gasteiger partial charge is 0.496 e. The Bertz CT molecular complexity index is 890. The summed E-state index contributed by atoms with van der Waals surface area (Å²) < 4.78 is 20.9. The van der Waals surface area contributed by atoms with Gasteiger partial charge in [0.05, 0.1) is 31.9 Å². The molecule has 0 aliphatic heterocycles. The number of benzene rings is 2. The zero-order valence-corrected chi connectivity index (χ0v) is 18.1. The Hall–Kier alpha value is -2.58. The first kappa shape index (κ1) is 22.7. The van der Waals surface area contributed by atoms with E-state index < -0.39 is 18.5 Å². The van der Waals surface area contributed by atoms with Gasteiger partial charge in [0.2, 0.25) is 0 Å². The first-order valence-electron chi connectivity index (χ1n) is 8.49. The number of nitrogens with one attached hydrogen (secondary N) is 1. The number of hydrogen-bond acceptors (Lipinski definition) is 7. The predicted octanol–water partition coefficient (Wildman–Crippen LogP) is 3.56. The molecule has 1 N–H and O–H groups in total. The van der Waals surface area contributed by atoms with Gasteiger partial charge >= 0.3 is 5.97 Å². The molecule has 0 saturated heterocycles. The zero-order chi connectivity index (χ0) is 21.4. The maximum atomic E-state index is 12.2. The number of halogens is 1. The molecule has 9 heteroatoms. The fourth-order valence-corrected chi connectivity index (χ4v) is 3.11. The van der Waals surface area contributed by atoms with Crippen LogP contribution in [0.1, 0.15) is 15.9 Å². The van der Waals surface area contributed by atoms with Crippen molar-refractivity contribution in [3.8, 4) is 17.2 Å². The summed E-state index contributed by atoms with van der Waals surface area (Å²) in [5.41, 5.74) is 0.897. The molecule has 0 fully saturated rings. The molecular formula is C20H22ClNO6S. The quantitative estimate of drug-likeness (QED) is 0.472. The minimum atomic E-state index is -0.662. The second-order valence-electron chi connectivity index (χ2n) is 5.72. The van der Waals surface area contributed by atoms with E-state index >= 15 is 0 Å². The first-order chi connectivity index (χ1) is 13.9. The van der Waals surface area contributed by atoms with Crippen molar-refractivity contribution in [3.05, 3.63) is 46.5 Å². The normalized spacial score (nSPS) is 10.2. The predicted molar refractivity (Wildman–Crippen MR) is 111 cm³/mol. The third kappa shape index (κ3) is 5.95. The molecule has 0 atom stereocenters. The van der Waals surface area contributed by atoms with Gasteiger partial charge in [0.1, 0.15) is 5.75 Å². The van der Waals surface area contributed by atoms with E-state index in [2.05, 4.69) is 5.32 Å². The summed E-state index contributed by atoms with van der Waals surface area (Å²) in [7, 11) is 4.55. The number of amides is 1. The average molecular weight is 440 g/mol. The number of thioether (sulfide) groups is 1. The minimum Gasteiger partial charge on any atom is -0.496 e. The summed E-state index contributed by atoms with van der Waals surface area (Å²) in [5, 5.41) is 2.94. The van der Waals surface area contributed by atoms with Crippen LogP contribution in [0.3, 0.4) is 0 Å². The molecular weight excluding hydrogens is 418 g/mol. The van der Waals surface area contributed by atoms with E-state index in [1.807, 2.05) is 6.26 Å². The van der Waals surface area contributed by atoms with Crippen molar-refractivity contribution in [3.63, 3.8) is 0 Å². The van der Waals surface area contributed by atoms with Crippen molar-refractivity contribution in [1.82, 2.24) is 5.32 Å². The van der Waals surface area contributed by atoms with Gasteiger partial charge in [-0.3, -0.25) is 4.79 Å². The maximum absolute atomic E-state index is 12.2. The van der Waals surface area contributed by atoms with Crippen LogP contribution in [0.4, 0.5) is 0 Å². The summed E-state index contributed by atoms with van der Waals surface area (Å²) in [6.07, 6.45) is 1.88. The van der Waals surface area contributed by atoms with Gasteiger partial charge in [0, 0.05) is 23.1 Å². The van der Waals surface area contributed by atoms with E-state index in [0.29, 0.717) is 22.8 Å². The number of methoxy groups -OCH3 is 3. The van der Waals surface area contributed by atoms with Crippen molar-refractivity contribution < 1.29 is 28.5 Å². The Morgan fingerprint density at radius 1 is 1.00 bits per heavy atom. The summed E-state index contributed by atoms with van der Waals surface area (Å²) >= 11 is 7.52. The number of rotatable bonds is 9. The molecule has 0 aliphatic rings. The monoisotopic (exact) mass is 439 g/mol. The van der Waals surface area contributed by atoms with Crippen LogP contribution in [0.15, 0.2) is 35.2 Å². The van der Waals surface area contributed by atoms with Gasteiger partial charge < -0.3 is 24.3 Å². The van der Waals surface area contributed by atoms with Crippen molar-refractivity contribution >= 4 is 35.2 Å². The second kappa shape index (κ2) is 10.8. The lowest BCUT2D eigenvalue weighted by Crippen LogP contribution is -2.28. The number of hydrogen-bond donors (Lipinski definition) is 1. The molecule has 0 radical (unpaired) electrons. The molecule has 29 heavy (non-hydrogen) atoms. The van der Waals surface area contributed by atoms with Gasteiger partial charge in [0.25, 0.3) is 5.91 Å². The lowest BCUT2D eigenvalue weighted by atomic mass is 10.1. The van der Waals surface area contributed by atoms with E-state index in [9.17, 15) is 9.59 Å². The Balaban J connectivity index is 1.97. The molecule has 7 nitrogen and oxygen atoms in total. The third-order valence-electron chi connectivity index (χ3n) is 3.99. The van der Waals surface area contributed by atoms with E-state index in [1.165, 1.54) is 33.1 Å². The van der Waals surface area contributed by atoms with Gasteiger partial charge in [-0.1, -0.05) is 11.6 Å². The highest BCUT2D eigenvalue weighted by molar-refractivity contribution is 7.98. The van der Waals surface area contributed by atoms with E-state index in [1.54, 1.807) is 30.3 Å². The van der Waals surface area contributed by atoms with Crippen LogP contribution in [-0.4, -0.2) is 46.1 Å². The standard InChI is InChI=1S/C20H22ClNO6S/c1-25-16-9-18(27-3)17(26-2)7-12(16)10-22-19(23)11-28-20(24)14-8-13(29-4)5-6-15(14)21/h5-9H,10-11H2,1-4H3,(H,22,23). The Labute approximate surface area is 178 Å². The molecule has 156 valence electrons. The minimum absolute atomic E-state index is 0.155. The molecule has 1 amide bonds. The van der Waals surface area contributed by atoms with Gasteiger partial charge in [-0.25, -0.2) is 4.79 Å². The molecule has 0 aromatic heterocycles. The molecule has 2 aromatic rings. The van der Waals surface area contributed by atoms with Gasteiger partial charge in [-0.05, 0) is 30.5 Å². The van der Waals surface area contributed by atoms with Crippen molar-refractivity contribution in [2.24, 2.45) is 0 Å². The molecule has 0 unspecified atom stereocenters. The van der Waals surface area contributed by atoms with Crippen molar-refractivity contribution in [2.45, 2.75) is 11.4 Å². The Kier molecular flexibility index (Phi) is 8.48. The molecule has 0 bridgehead atoms. The topological polar surface area (TPSA) is 83.1 Å². The maximum Gasteiger partial charge on any atom is 0.340 e. The van der Waals surface area contributed by atoms with Crippen LogP contribution in [-0.2, 0) is 16.1 Å². The van der Waals surface area contributed by atoms with E-state index in [4.69, 9.17) is 30.5 Å². The molecule has 0 aliphatic carbocycles. The van der Waals surface area contributed by atoms with E-state index in [-0.39, 0.29) is 17.1 Å². The van der Waals surface area contributed by atoms with Crippen LogP contribution in [0, 0.1) is 0 Å². The number of esters is 1. The van der Waals surface area contributed by atoms with Crippen LogP contribution >= 0.6 is 23.4 Å². The molecule has 2 aromatic carbocycles. The lowest BCUT2D eigenvalue weighted by molar-refractivity contribution is -0.124. The van der Waals surface area contributed by atoms with Gasteiger partial charge in [-0.2, -0.15) is 0 Å². The zero-order valence-electron chi connectivity index (χ0n) is 16.5. The molecule has 0 spiro atoms. The van der Waals surface area contributed by atoms with Crippen LogP contribution < -0.4 is 19.5 Å². The second-order valence-corrected chi connectivity index (χ2v) is 7.00. The number of carbonyl (C=O) groups is 2. The molecule has 0 saturated carbocycles. The highest BCUT2D eigenvalue weighted by atomic mass is 35.5. The summed E-state index contributed by atoms with van der Waals surface area (Å²) in [5.74, 6) is 0.419. The lowest BCUT2D eigenvalue weighted by Gasteiger charge is -2.14. The first-order valence-corrected chi connectivity index (χ1v) is 10.1. The van der Waals surface area contributed by atoms with Crippen LogP contribution in [0.5, 0.6) is 17.2 Å². The molecule has 2 rings (SSSR count). The number of carbonyl (C=O) groups excluding carboxylic acids is 2. The number of ether oxygens (including phenoxy) is 4. The van der Waals surface area contributed by atoms with Crippen molar-refractivity contribution in [1.29, 1.82) is 0 Å². The third-order valence-corrected chi connectivity index (χ3v) is 5.05. The average Bonchev–Trinajstić information content (AvgIpc) is 2.75. The van der Waals surface area contributed by atoms with Crippen molar-refractivity contribution in [2.75, 3.05) is 34.2 Å². The Morgan fingerprint density at radius 2 is 1.66 bits per heavy atom.